The van der Waals surface area contributed by atoms with E-state index in [1.807, 2.05) is 18.2 Å². The number of hydrogen-bond donors (Lipinski definition) is 0. The summed E-state index contributed by atoms with van der Waals surface area (Å²) in [5.74, 6) is 0. The molecule has 0 spiro atoms. The molecular weight excluding hydrogens is 288 g/mol. The van der Waals surface area contributed by atoms with E-state index in [-0.39, 0.29) is 0 Å². The number of benzene rings is 4. The van der Waals surface area contributed by atoms with E-state index in [0.29, 0.717) is 0 Å². The summed E-state index contributed by atoms with van der Waals surface area (Å²) in [6, 6.07) is 39.1. The molecule has 0 heteroatoms. The Balaban J connectivity index is 1.75. The molecule has 1 radical (unpaired) electrons. The third kappa shape index (κ3) is 2.87. The maximum Gasteiger partial charge on any atom is -0.00992 e. The lowest BCUT2D eigenvalue weighted by Crippen LogP contribution is -1.85. The largest absolute Gasteiger partial charge is 0.0622 e. The van der Waals surface area contributed by atoms with Crippen LogP contribution in [0.3, 0.4) is 0 Å². The summed E-state index contributed by atoms with van der Waals surface area (Å²) in [6.07, 6.45) is 0. The zero-order chi connectivity index (χ0) is 16.2. The van der Waals surface area contributed by atoms with Gasteiger partial charge in [0.15, 0.2) is 0 Å². The molecule has 0 fully saturated rings. The van der Waals surface area contributed by atoms with Crippen LogP contribution in [0.1, 0.15) is 0 Å². The van der Waals surface area contributed by atoms with E-state index in [0.717, 1.165) is 0 Å². The minimum Gasteiger partial charge on any atom is -0.0622 e. The molecule has 0 saturated heterocycles. The van der Waals surface area contributed by atoms with Gasteiger partial charge in [0.05, 0.1) is 0 Å². The molecule has 0 N–H and O–H groups in total. The molecule has 4 aromatic carbocycles. The van der Waals surface area contributed by atoms with Crippen LogP contribution in [0.25, 0.3) is 33.4 Å². The van der Waals surface area contributed by atoms with E-state index < -0.39 is 0 Å². The van der Waals surface area contributed by atoms with Gasteiger partial charge in [-0.3, -0.25) is 0 Å². The van der Waals surface area contributed by atoms with Crippen LogP contribution in [-0.4, -0.2) is 0 Å². The molecule has 0 amide bonds. The number of hydrogen-bond acceptors (Lipinski definition) is 0. The van der Waals surface area contributed by atoms with Crippen LogP contribution < -0.4 is 0 Å². The first-order chi connectivity index (χ1) is 11.9. The van der Waals surface area contributed by atoms with Crippen LogP contribution in [-0.2, 0) is 0 Å². The molecule has 0 aromatic heterocycles. The van der Waals surface area contributed by atoms with E-state index in [1.54, 1.807) is 0 Å². The van der Waals surface area contributed by atoms with Gasteiger partial charge in [-0.1, -0.05) is 97.1 Å². The lowest BCUT2D eigenvalue weighted by Gasteiger charge is -2.11. The van der Waals surface area contributed by atoms with E-state index >= 15 is 0 Å². The van der Waals surface area contributed by atoms with E-state index in [4.69, 9.17) is 0 Å². The Morgan fingerprint density at radius 1 is 0.417 bits per heavy atom. The highest BCUT2D eigenvalue weighted by atomic mass is 14.1. The van der Waals surface area contributed by atoms with Crippen LogP contribution in [0, 0.1) is 6.07 Å². The van der Waals surface area contributed by atoms with Crippen LogP contribution in [0.15, 0.2) is 103 Å². The average Bonchev–Trinajstić information content (AvgIpc) is 2.69. The summed E-state index contributed by atoms with van der Waals surface area (Å²) in [4.78, 5) is 0. The monoisotopic (exact) mass is 305 g/mol. The minimum absolute atomic E-state index is 1.21. The second kappa shape index (κ2) is 6.55. The summed E-state index contributed by atoms with van der Waals surface area (Å²) in [7, 11) is 0. The number of rotatable bonds is 3. The Hall–Kier alpha value is -3.12. The predicted molar refractivity (Wildman–Crippen MR) is 102 cm³/mol. The normalized spacial score (nSPS) is 10.5. The Morgan fingerprint density at radius 3 is 1.58 bits per heavy atom. The van der Waals surface area contributed by atoms with Crippen molar-refractivity contribution in [3.05, 3.63) is 109 Å². The first-order valence-corrected chi connectivity index (χ1v) is 8.13. The fourth-order valence-corrected chi connectivity index (χ4v) is 3.01. The van der Waals surface area contributed by atoms with Crippen LogP contribution in [0.2, 0.25) is 0 Å². The van der Waals surface area contributed by atoms with Crippen molar-refractivity contribution < 1.29 is 0 Å². The van der Waals surface area contributed by atoms with Gasteiger partial charge in [0.1, 0.15) is 0 Å². The summed E-state index contributed by atoms with van der Waals surface area (Å²) in [5, 5.41) is 0. The van der Waals surface area contributed by atoms with Crippen molar-refractivity contribution in [2.75, 3.05) is 0 Å². The predicted octanol–water partition coefficient (Wildman–Crippen LogP) is 6.49. The molecule has 4 aromatic rings. The maximum absolute atomic E-state index is 3.21. The zero-order valence-corrected chi connectivity index (χ0v) is 13.3. The van der Waals surface area contributed by atoms with Crippen LogP contribution in [0.5, 0.6) is 0 Å². The van der Waals surface area contributed by atoms with Crippen molar-refractivity contribution in [2.45, 2.75) is 0 Å². The van der Waals surface area contributed by atoms with E-state index in [2.05, 4.69) is 91.0 Å². The fourth-order valence-electron chi connectivity index (χ4n) is 3.01. The van der Waals surface area contributed by atoms with Gasteiger partial charge in [0.25, 0.3) is 0 Å². The van der Waals surface area contributed by atoms with Crippen molar-refractivity contribution in [2.24, 2.45) is 0 Å². The summed E-state index contributed by atoms with van der Waals surface area (Å²) in [6.45, 7) is 0. The lowest BCUT2D eigenvalue weighted by molar-refractivity contribution is 1.56. The lowest BCUT2D eigenvalue weighted by atomic mass is 9.93. The highest BCUT2D eigenvalue weighted by Crippen LogP contribution is 2.32. The highest BCUT2D eigenvalue weighted by molar-refractivity contribution is 5.84. The van der Waals surface area contributed by atoms with Crippen LogP contribution >= 0.6 is 0 Å². The van der Waals surface area contributed by atoms with Crippen molar-refractivity contribution in [3.63, 3.8) is 0 Å². The van der Waals surface area contributed by atoms with Crippen molar-refractivity contribution >= 4 is 0 Å². The fraction of sp³-hybridized carbons (Fsp3) is 0. The molecular formula is C24H17. The molecule has 0 aliphatic carbocycles. The Kier molecular flexibility index (Phi) is 3.95. The van der Waals surface area contributed by atoms with E-state index in [9.17, 15) is 0 Å². The zero-order valence-electron chi connectivity index (χ0n) is 13.3. The maximum atomic E-state index is 3.21. The topological polar surface area (TPSA) is 0 Å². The third-order valence-electron chi connectivity index (χ3n) is 4.25. The Bertz CT molecular complexity index is 920. The molecule has 0 aliphatic rings. The molecule has 0 heterocycles. The summed E-state index contributed by atoms with van der Waals surface area (Å²) in [5.41, 5.74) is 7.38. The van der Waals surface area contributed by atoms with Crippen molar-refractivity contribution in [3.8, 4) is 33.4 Å². The van der Waals surface area contributed by atoms with Crippen LogP contribution in [0.4, 0.5) is 0 Å². The van der Waals surface area contributed by atoms with Gasteiger partial charge in [0, 0.05) is 0 Å². The van der Waals surface area contributed by atoms with Gasteiger partial charge < -0.3 is 0 Å². The molecule has 0 atom stereocenters. The van der Waals surface area contributed by atoms with Crippen molar-refractivity contribution in [1.82, 2.24) is 0 Å². The molecule has 0 unspecified atom stereocenters. The Morgan fingerprint density at radius 2 is 0.917 bits per heavy atom. The van der Waals surface area contributed by atoms with Gasteiger partial charge >= 0.3 is 0 Å². The summed E-state index contributed by atoms with van der Waals surface area (Å²) < 4.78 is 0. The molecule has 0 aliphatic heterocycles. The van der Waals surface area contributed by atoms with Gasteiger partial charge in [0.2, 0.25) is 0 Å². The standard InChI is InChI=1S/C24H17/c1-3-9-19(10-4-1)20-15-17-22(18-16-20)24-14-8-7-13-23(24)21-11-5-2-6-12-21/h1-6,8-18H. The van der Waals surface area contributed by atoms with Gasteiger partial charge in [-0.05, 0) is 45.5 Å². The molecule has 0 saturated carbocycles. The molecule has 4 rings (SSSR count). The quantitative estimate of drug-likeness (QED) is 0.406. The summed E-state index contributed by atoms with van der Waals surface area (Å²) >= 11 is 0. The first-order valence-electron chi connectivity index (χ1n) is 8.13. The molecule has 0 bridgehead atoms. The second-order valence-electron chi connectivity index (χ2n) is 5.78. The van der Waals surface area contributed by atoms with Crippen molar-refractivity contribution in [1.29, 1.82) is 0 Å². The third-order valence-corrected chi connectivity index (χ3v) is 4.25. The Labute approximate surface area is 143 Å². The molecule has 0 nitrogen and oxygen atoms in total. The average molecular weight is 305 g/mol. The highest BCUT2D eigenvalue weighted by Gasteiger charge is 2.07. The van der Waals surface area contributed by atoms with Gasteiger partial charge in [-0.15, -0.1) is 0 Å². The van der Waals surface area contributed by atoms with E-state index in [1.165, 1.54) is 33.4 Å². The minimum atomic E-state index is 1.21. The second-order valence-corrected chi connectivity index (χ2v) is 5.78. The van der Waals surface area contributed by atoms with Gasteiger partial charge in [-0.25, -0.2) is 0 Å². The molecule has 24 heavy (non-hydrogen) atoms. The first kappa shape index (κ1) is 14.5. The smallest absolute Gasteiger partial charge is 0.00992 e. The van der Waals surface area contributed by atoms with Gasteiger partial charge in [-0.2, -0.15) is 0 Å². The SMILES string of the molecule is [c]1ccc(-c2ccc(-c3ccccc3)cc2)c(-c2ccccc2)c1. The molecule has 113 valence electrons.